The van der Waals surface area contributed by atoms with Crippen molar-refractivity contribution >= 4 is 20.5 Å². The van der Waals surface area contributed by atoms with Crippen LogP contribution < -0.4 is 9.89 Å². The summed E-state index contributed by atoms with van der Waals surface area (Å²) in [6, 6.07) is 1.50. The molecule has 0 spiro atoms. The van der Waals surface area contributed by atoms with Gasteiger partial charge in [-0.2, -0.15) is 0 Å². The van der Waals surface area contributed by atoms with Crippen molar-refractivity contribution in [1.82, 2.24) is 0 Å². The molecule has 0 aliphatic rings. The van der Waals surface area contributed by atoms with Crippen LogP contribution in [0.15, 0.2) is 16.7 Å². The summed E-state index contributed by atoms with van der Waals surface area (Å²) in [5.74, 6) is 0.704. The molecule has 9 heavy (non-hydrogen) atoms. The Morgan fingerprint density at radius 1 is 1.67 bits per heavy atom. The molecule has 1 heterocycles. The van der Waals surface area contributed by atoms with Crippen LogP contribution in [0.25, 0.3) is 0 Å². The van der Waals surface area contributed by atoms with Gasteiger partial charge in [-0.05, 0) is 0 Å². The van der Waals surface area contributed by atoms with Gasteiger partial charge in [-0.1, -0.05) is 0 Å². The van der Waals surface area contributed by atoms with Crippen molar-refractivity contribution < 1.29 is 9.21 Å². The molecule has 0 atom stereocenters. The van der Waals surface area contributed by atoms with Crippen LogP contribution in [0.2, 0.25) is 0 Å². The van der Waals surface area contributed by atoms with Gasteiger partial charge in [-0.25, -0.2) is 0 Å². The Kier molecular flexibility index (Phi) is 1.74. The quantitative estimate of drug-likeness (QED) is 0.396. The van der Waals surface area contributed by atoms with Crippen molar-refractivity contribution in [2.45, 2.75) is 6.92 Å². The van der Waals surface area contributed by atoms with Crippen molar-refractivity contribution in [3.05, 3.63) is 23.5 Å². The van der Waals surface area contributed by atoms with Gasteiger partial charge in [0.2, 0.25) is 0 Å². The van der Waals surface area contributed by atoms with E-state index in [1.807, 2.05) is 0 Å². The topological polar surface area (TPSA) is 34.5 Å². The molecule has 47 valence electrons. The van der Waals surface area contributed by atoms with Crippen molar-refractivity contribution in [1.29, 1.82) is 0 Å². The Bertz CT molecular complexity index is 264. The molecule has 1 aromatic rings. The Balaban J connectivity index is 3.43. The second-order valence-electron chi connectivity index (χ2n) is 1.69. The average Bonchev–Trinajstić information content (AvgIpc) is 1.83. The maximum atomic E-state index is 9.01. The van der Waals surface area contributed by atoms with Crippen LogP contribution in [-0.2, 0) is 0 Å². The predicted octanol–water partition coefficient (Wildman–Crippen LogP) is -0.614. The van der Waals surface area contributed by atoms with E-state index in [0.717, 1.165) is 0 Å². The van der Waals surface area contributed by atoms with Gasteiger partial charge in [-0.3, -0.25) is 0 Å². The van der Waals surface area contributed by atoms with Crippen molar-refractivity contribution in [3.63, 3.8) is 0 Å². The molecule has 0 bridgehead atoms. The van der Waals surface area contributed by atoms with Crippen molar-refractivity contribution in [2.24, 2.45) is 0 Å². The number of aryl methyl sites for hydroxylation is 1. The van der Waals surface area contributed by atoms with E-state index in [9.17, 15) is 0 Å². The molecule has 0 saturated carbocycles. The van der Waals surface area contributed by atoms with Gasteiger partial charge in [-0.15, -0.1) is 0 Å². The van der Waals surface area contributed by atoms with E-state index in [1.54, 1.807) is 6.92 Å². The molecule has 1 rings (SSSR count). The molecule has 0 aliphatic carbocycles. The van der Waals surface area contributed by atoms with Crippen LogP contribution in [0.5, 0.6) is 0 Å². The second kappa shape index (κ2) is 2.38. The molecule has 3 heteroatoms. The first-order valence-electron chi connectivity index (χ1n) is 2.49. The molecule has 1 radical (unpaired) electrons. The van der Waals surface area contributed by atoms with Gasteiger partial charge in [0.15, 0.2) is 0 Å². The SMILES string of the molecule is Cc1occc(=[OH+])c1[Se]. The predicted molar refractivity (Wildman–Crippen MR) is 33.9 cm³/mol. The molecule has 0 saturated heterocycles. The Hall–Kier alpha value is -0.531. The standard InChI is InChI=1S/C6H5O2Se/c1-4-6(9)5(7)2-3-8-4/h2-3H,1H3/p+1. The maximum absolute atomic E-state index is 9.01. The van der Waals surface area contributed by atoms with Gasteiger partial charge in [0, 0.05) is 0 Å². The van der Waals surface area contributed by atoms with Gasteiger partial charge < -0.3 is 0 Å². The number of rotatable bonds is 0. The minimum absolute atomic E-state index is 0.235. The molecule has 1 aromatic heterocycles. The summed E-state index contributed by atoms with van der Waals surface area (Å²) in [5, 5.41) is 0. The van der Waals surface area contributed by atoms with Crippen LogP contribution in [0.3, 0.4) is 0 Å². The zero-order chi connectivity index (χ0) is 6.85. The normalized spacial score (nSPS) is 9.44. The van der Waals surface area contributed by atoms with E-state index >= 15 is 0 Å². The second-order valence-corrected chi connectivity index (χ2v) is 2.55. The summed E-state index contributed by atoms with van der Waals surface area (Å²) in [7, 11) is 0. The molecule has 0 aliphatic heterocycles. The van der Waals surface area contributed by atoms with E-state index in [0.29, 0.717) is 10.2 Å². The van der Waals surface area contributed by atoms with Crippen LogP contribution in [0, 0.1) is 6.92 Å². The van der Waals surface area contributed by atoms with E-state index < -0.39 is 0 Å². The van der Waals surface area contributed by atoms with Crippen molar-refractivity contribution in [2.75, 3.05) is 0 Å². The van der Waals surface area contributed by atoms with Crippen LogP contribution >= 0.6 is 0 Å². The van der Waals surface area contributed by atoms with Crippen LogP contribution in [-0.4, -0.2) is 20.8 Å². The van der Waals surface area contributed by atoms with Crippen LogP contribution in [0.4, 0.5) is 0 Å². The first-order chi connectivity index (χ1) is 4.22. The Morgan fingerprint density at radius 3 is 2.78 bits per heavy atom. The van der Waals surface area contributed by atoms with Crippen molar-refractivity contribution in [3.8, 4) is 0 Å². The Labute approximate surface area is 60.7 Å². The monoisotopic (exact) mass is 190 g/mol. The molecule has 1 N–H and O–H groups in total. The zero-order valence-electron chi connectivity index (χ0n) is 4.92. The van der Waals surface area contributed by atoms with Gasteiger partial charge >= 0.3 is 60.1 Å². The van der Waals surface area contributed by atoms with Crippen LogP contribution in [0.1, 0.15) is 5.76 Å². The zero-order valence-corrected chi connectivity index (χ0v) is 6.63. The van der Waals surface area contributed by atoms with E-state index in [1.165, 1.54) is 12.3 Å². The molecular formula is C6H6O2Se+. The summed E-state index contributed by atoms with van der Waals surface area (Å²) in [6.07, 6.45) is 1.45. The summed E-state index contributed by atoms with van der Waals surface area (Å²) >= 11 is 2.69. The third-order valence-electron chi connectivity index (χ3n) is 1.02. The van der Waals surface area contributed by atoms with Gasteiger partial charge in [0.1, 0.15) is 0 Å². The fourth-order valence-corrected chi connectivity index (χ4v) is 0.754. The van der Waals surface area contributed by atoms with Gasteiger partial charge in [0.25, 0.3) is 0 Å². The molecule has 0 aromatic carbocycles. The van der Waals surface area contributed by atoms with Gasteiger partial charge in [0.05, 0.1) is 0 Å². The molecular weight excluding hydrogens is 183 g/mol. The first-order valence-corrected chi connectivity index (χ1v) is 3.35. The summed E-state index contributed by atoms with van der Waals surface area (Å²) in [5.41, 5.74) is 0.235. The fourth-order valence-electron chi connectivity index (χ4n) is 0.510. The average molecular weight is 189 g/mol. The van der Waals surface area contributed by atoms with E-state index in [-0.39, 0.29) is 5.43 Å². The summed E-state index contributed by atoms with van der Waals surface area (Å²) in [6.45, 7) is 1.78. The summed E-state index contributed by atoms with van der Waals surface area (Å²) < 4.78 is 5.63. The summed E-state index contributed by atoms with van der Waals surface area (Å²) in [4.78, 5) is 9.01. The Morgan fingerprint density at radius 2 is 2.33 bits per heavy atom. The molecule has 0 unspecified atom stereocenters. The molecule has 0 amide bonds. The van der Waals surface area contributed by atoms with E-state index in [4.69, 9.17) is 9.21 Å². The minimum atomic E-state index is 0.235. The number of hydrogen-bond donors (Lipinski definition) is 0. The molecule has 0 fully saturated rings. The fraction of sp³-hybridized carbons (Fsp3) is 0.167. The van der Waals surface area contributed by atoms with E-state index in [2.05, 4.69) is 16.0 Å². The third kappa shape index (κ3) is 1.23. The molecule has 2 nitrogen and oxygen atoms in total. The first kappa shape index (κ1) is 6.59. The number of hydrogen-bond acceptors (Lipinski definition) is 1. The third-order valence-corrected chi connectivity index (χ3v) is 2.07.